The zero-order valence-electron chi connectivity index (χ0n) is 19.5. The van der Waals surface area contributed by atoms with Gasteiger partial charge in [-0.15, -0.1) is 11.8 Å². The van der Waals surface area contributed by atoms with Crippen molar-refractivity contribution >= 4 is 63.0 Å². The molecule has 184 valence electrons. The van der Waals surface area contributed by atoms with Gasteiger partial charge in [-0.05, 0) is 70.7 Å². The lowest BCUT2D eigenvalue weighted by Crippen LogP contribution is -2.19. The number of halogens is 3. The Hall–Kier alpha value is -2.19. The number of aryl methyl sites for hydroxylation is 2. The van der Waals surface area contributed by atoms with E-state index in [0.717, 1.165) is 16.9 Å². The van der Waals surface area contributed by atoms with Crippen LogP contribution in [-0.4, -0.2) is 25.0 Å². The van der Waals surface area contributed by atoms with E-state index in [2.05, 4.69) is 58.5 Å². The highest BCUT2D eigenvalue weighted by atomic mass is 79.9. The van der Waals surface area contributed by atoms with Gasteiger partial charge in [0.1, 0.15) is 6.61 Å². The van der Waals surface area contributed by atoms with E-state index in [1.165, 1.54) is 16.7 Å². The Bertz CT molecular complexity index is 1220. The number of methoxy groups -OCH3 is 1. The van der Waals surface area contributed by atoms with Gasteiger partial charge in [0.2, 0.25) is 5.91 Å². The minimum atomic E-state index is -0.164. The molecule has 1 N–H and O–H groups in total. The molecule has 0 bridgehead atoms. The zero-order chi connectivity index (χ0) is 25.4. The monoisotopic (exact) mass is 594 g/mol. The van der Waals surface area contributed by atoms with Crippen molar-refractivity contribution in [2.75, 3.05) is 12.9 Å². The second-order valence-electron chi connectivity index (χ2n) is 7.85. The number of nitrogens with one attached hydrogen (secondary N) is 1. The molecule has 0 unspecified atom stereocenters. The summed E-state index contributed by atoms with van der Waals surface area (Å²) < 4.78 is 12.1. The van der Waals surface area contributed by atoms with Gasteiger partial charge in [-0.25, -0.2) is 5.43 Å². The molecule has 35 heavy (non-hydrogen) atoms. The number of hydrazone groups is 1. The van der Waals surface area contributed by atoms with Crippen LogP contribution in [0.2, 0.25) is 10.0 Å². The van der Waals surface area contributed by atoms with E-state index in [-0.39, 0.29) is 12.5 Å². The van der Waals surface area contributed by atoms with Gasteiger partial charge in [-0.2, -0.15) is 5.10 Å². The zero-order valence-corrected chi connectivity index (χ0v) is 23.4. The third-order valence-corrected chi connectivity index (χ3v) is 7.14. The van der Waals surface area contributed by atoms with Gasteiger partial charge in [0.05, 0.1) is 33.6 Å². The molecule has 0 saturated heterocycles. The van der Waals surface area contributed by atoms with Crippen molar-refractivity contribution in [3.05, 3.63) is 90.9 Å². The Labute approximate surface area is 228 Å². The maximum atomic E-state index is 12.1. The first-order chi connectivity index (χ1) is 16.7. The number of thioether (sulfide) groups is 1. The van der Waals surface area contributed by atoms with E-state index >= 15 is 0 Å². The van der Waals surface area contributed by atoms with Crippen LogP contribution in [-0.2, 0) is 17.2 Å². The second-order valence-corrected chi connectivity index (χ2v) is 10.5. The average Bonchev–Trinajstić information content (AvgIpc) is 2.79. The molecule has 0 radical (unpaired) electrons. The van der Waals surface area contributed by atoms with Crippen LogP contribution in [0.1, 0.15) is 27.8 Å². The van der Waals surface area contributed by atoms with Gasteiger partial charge in [-0.1, -0.05) is 58.6 Å². The van der Waals surface area contributed by atoms with E-state index in [9.17, 15) is 4.79 Å². The summed E-state index contributed by atoms with van der Waals surface area (Å²) in [5, 5.41) is 5.03. The van der Waals surface area contributed by atoms with Crippen molar-refractivity contribution in [3.8, 4) is 11.5 Å². The van der Waals surface area contributed by atoms with Gasteiger partial charge < -0.3 is 9.47 Å². The summed E-state index contributed by atoms with van der Waals surface area (Å²) in [5.41, 5.74) is 7.83. The highest BCUT2D eigenvalue weighted by Crippen LogP contribution is 2.37. The molecular weight excluding hydrogens is 571 g/mol. The first kappa shape index (κ1) is 27.4. The predicted molar refractivity (Wildman–Crippen MR) is 149 cm³/mol. The van der Waals surface area contributed by atoms with Crippen LogP contribution in [0, 0.1) is 13.8 Å². The first-order valence-electron chi connectivity index (χ1n) is 10.7. The van der Waals surface area contributed by atoms with Gasteiger partial charge in [0.15, 0.2) is 11.5 Å². The van der Waals surface area contributed by atoms with E-state index in [1.54, 1.807) is 43.3 Å². The molecule has 9 heteroatoms. The lowest BCUT2D eigenvalue weighted by molar-refractivity contribution is -0.118. The number of carbonyl (C=O) groups excluding carboxylic acids is 1. The summed E-state index contributed by atoms with van der Waals surface area (Å²) in [5.74, 6) is 1.99. The van der Waals surface area contributed by atoms with Crippen molar-refractivity contribution in [1.29, 1.82) is 0 Å². The topological polar surface area (TPSA) is 59.9 Å². The fourth-order valence-corrected chi connectivity index (χ4v) is 5.01. The van der Waals surface area contributed by atoms with Crippen molar-refractivity contribution in [3.63, 3.8) is 0 Å². The number of benzene rings is 3. The fraction of sp³-hybridized carbons (Fsp3) is 0.231. The fourth-order valence-electron chi connectivity index (χ4n) is 3.36. The number of ether oxygens (including phenoxy) is 2. The number of carbonyl (C=O) groups is 1. The summed E-state index contributed by atoms with van der Waals surface area (Å²) >= 11 is 17.1. The first-order valence-corrected chi connectivity index (χ1v) is 13.4. The Morgan fingerprint density at radius 1 is 1.06 bits per heavy atom. The highest BCUT2D eigenvalue weighted by molar-refractivity contribution is 9.10. The lowest BCUT2D eigenvalue weighted by atomic mass is 10.1. The molecule has 0 aliphatic heterocycles. The van der Waals surface area contributed by atoms with Gasteiger partial charge >= 0.3 is 0 Å². The second kappa shape index (κ2) is 13.2. The van der Waals surface area contributed by atoms with Crippen LogP contribution in [0.25, 0.3) is 0 Å². The molecule has 0 aromatic heterocycles. The standard InChI is InChI=1S/C26H25BrCl2N2O3S/c1-16-6-17(2)8-20(7-16)14-35-15-25(32)31-30-12-19-9-21(27)26(24(11-19)33-3)34-13-18-4-5-22(28)23(29)10-18/h4-12H,13-15H2,1-3H3,(H,31,32)/b30-12-. The number of hydrogen-bond donors (Lipinski definition) is 1. The van der Waals surface area contributed by atoms with Crippen LogP contribution in [0.15, 0.2) is 58.1 Å². The maximum absolute atomic E-state index is 12.1. The molecule has 0 saturated carbocycles. The Morgan fingerprint density at radius 2 is 1.80 bits per heavy atom. The smallest absolute Gasteiger partial charge is 0.250 e. The summed E-state index contributed by atoms with van der Waals surface area (Å²) in [4.78, 5) is 12.1. The third-order valence-electron chi connectivity index (χ3n) is 4.81. The van der Waals surface area contributed by atoms with E-state index in [4.69, 9.17) is 32.7 Å². The highest BCUT2D eigenvalue weighted by Gasteiger charge is 2.12. The molecule has 0 spiro atoms. The number of hydrogen-bond acceptors (Lipinski definition) is 5. The molecule has 0 heterocycles. The normalized spacial score (nSPS) is 11.0. The van der Waals surface area contributed by atoms with Crippen molar-refractivity contribution in [1.82, 2.24) is 5.43 Å². The van der Waals surface area contributed by atoms with Crippen LogP contribution in [0.3, 0.4) is 0 Å². The Morgan fingerprint density at radius 3 is 2.49 bits per heavy atom. The molecule has 3 rings (SSSR count). The van der Waals surface area contributed by atoms with Crippen molar-refractivity contribution in [2.24, 2.45) is 5.10 Å². The van der Waals surface area contributed by atoms with Crippen molar-refractivity contribution < 1.29 is 14.3 Å². The summed E-state index contributed by atoms with van der Waals surface area (Å²) in [6.07, 6.45) is 1.56. The van der Waals surface area contributed by atoms with Crippen LogP contribution in [0.4, 0.5) is 0 Å². The number of amides is 1. The number of nitrogens with zero attached hydrogens (tertiary/aromatic N) is 1. The minimum absolute atomic E-state index is 0.164. The third kappa shape index (κ3) is 8.46. The van der Waals surface area contributed by atoms with Crippen molar-refractivity contribution in [2.45, 2.75) is 26.2 Å². The summed E-state index contributed by atoms with van der Waals surface area (Å²) in [7, 11) is 1.56. The number of rotatable bonds is 10. The average molecular weight is 596 g/mol. The van der Waals surface area contributed by atoms with E-state index < -0.39 is 0 Å². The molecule has 1 amide bonds. The SMILES string of the molecule is COc1cc(/C=N\NC(=O)CSCc2cc(C)cc(C)c2)cc(Br)c1OCc1ccc(Cl)c(Cl)c1. The Balaban J connectivity index is 1.54. The largest absolute Gasteiger partial charge is 0.493 e. The van der Waals surface area contributed by atoms with E-state index in [0.29, 0.717) is 31.8 Å². The molecular formula is C26H25BrCl2N2O3S. The summed E-state index contributed by atoms with van der Waals surface area (Å²) in [6, 6.07) is 15.4. The molecule has 0 aliphatic rings. The molecule has 3 aromatic rings. The van der Waals surface area contributed by atoms with E-state index in [1.807, 2.05) is 12.1 Å². The Kier molecular flexibility index (Phi) is 10.3. The minimum Gasteiger partial charge on any atom is -0.493 e. The van der Waals surface area contributed by atoms with Crippen LogP contribution in [0.5, 0.6) is 11.5 Å². The molecule has 0 fully saturated rings. The molecule has 0 aliphatic carbocycles. The van der Waals surface area contributed by atoms with Gasteiger partial charge in [-0.3, -0.25) is 4.79 Å². The van der Waals surface area contributed by atoms with Crippen LogP contribution < -0.4 is 14.9 Å². The molecule has 3 aromatic carbocycles. The summed E-state index contributed by atoms with van der Waals surface area (Å²) in [6.45, 7) is 4.43. The predicted octanol–water partition coefficient (Wildman–Crippen LogP) is 7.34. The van der Waals surface area contributed by atoms with Gasteiger partial charge in [0.25, 0.3) is 0 Å². The maximum Gasteiger partial charge on any atom is 0.250 e. The molecule has 5 nitrogen and oxygen atoms in total. The molecule has 0 atom stereocenters. The quantitative estimate of drug-likeness (QED) is 0.197. The van der Waals surface area contributed by atoms with Gasteiger partial charge in [0, 0.05) is 5.75 Å². The van der Waals surface area contributed by atoms with Crippen LogP contribution >= 0.6 is 50.9 Å². The lowest BCUT2D eigenvalue weighted by Gasteiger charge is -2.14.